The molecular weight excluding hydrogens is 428 g/mol. The van der Waals surface area contributed by atoms with Gasteiger partial charge in [0, 0.05) is 23.3 Å². The molecule has 2 heterocycles. The van der Waals surface area contributed by atoms with Crippen LogP contribution in [0, 0.1) is 13.8 Å². The molecule has 1 aromatic heterocycles. The van der Waals surface area contributed by atoms with E-state index in [0.29, 0.717) is 48.3 Å². The van der Waals surface area contributed by atoms with Crippen LogP contribution < -0.4 is 9.46 Å². The number of hydrogen-bond donors (Lipinski definition) is 1. The van der Waals surface area contributed by atoms with Gasteiger partial charge in [0.05, 0.1) is 17.0 Å². The Hall–Kier alpha value is -2.97. The molecule has 0 spiro atoms. The molecule has 0 bridgehead atoms. The molecule has 0 saturated carbocycles. The lowest BCUT2D eigenvalue weighted by molar-refractivity contribution is -0.140. The van der Waals surface area contributed by atoms with Crippen molar-refractivity contribution in [1.29, 1.82) is 0 Å². The van der Waals surface area contributed by atoms with Crippen LogP contribution >= 0.6 is 0 Å². The first kappa shape index (κ1) is 22.2. The Labute approximate surface area is 187 Å². The number of sulfonamides is 1. The van der Waals surface area contributed by atoms with Crippen molar-refractivity contribution in [3.8, 4) is 5.75 Å². The zero-order chi connectivity index (χ0) is 22.9. The second-order valence-corrected chi connectivity index (χ2v) is 9.57. The van der Waals surface area contributed by atoms with Crippen molar-refractivity contribution in [2.75, 3.05) is 13.2 Å². The van der Waals surface area contributed by atoms with Gasteiger partial charge in [-0.25, -0.2) is 13.1 Å². The number of benzene rings is 2. The average molecular weight is 455 g/mol. The van der Waals surface area contributed by atoms with E-state index in [9.17, 15) is 13.2 Å². The standard InChI is InChI=1S/C24H26N2O5S/c1-4-30-21-12-9-16(2)15-19(21)24(13-6-14-31-24)23(27)26-32(28,29)22-8-5-7-20-18(22)11-10-17(3)25-20/h5,7-12,15H,4,6,13-14H2,1-3H3,(H,26,27). The van der Waals surface area contributed by atoms with E-state index >= 15 is 0 Å². The summed E-state index contributed by atoms with van der Waals surface area (Å²) in [4.78, 5) is 17.9. The van der Waals surface area contributed by atoms with Crippen LogP contribution in [0.25, 0.3) is 10.9 Å². The number of hydrogen-bond acceptors (Lipinski definition) is 6. The minimum Gasteiger partial charge on any atom is -0.493 e. The van der Waals surface area contributed by atoms with Crippen LogP contribution in [-0.2, 0) is 25.2 Å². The first-order chi connectivity index (χ1) is 15.3. The number of pyridine rings is 1. The zero-order valence-corrected chi connectivity index (χ0v) is 19.2. The molecule has 8 heteroatoms. The highest BCUT2D eigenvalue weighted by Gasteiger charge is 2.48. The Morgan fingerprint density at radius 1 is 1.19 bits per heavy atom. The van der Waals surface area contributed by atoms with Gasteiger partial charge in [-0.15, -0.1) is 0 Å². The van der Waals surface area contributed by atoms with E-state index in [2.05, 4.69) is 9.71 Å². The molecule has 2 aromatic carbocycles. The summed E-state index contributed by atoms with van der Waals surface area (Å²) < 4.78 is 40.6. The molecule has 168 valence electrons. The number of amides is 1. The van der Waals surface area contributed by atoms with E-state index in [-0.39, 0.29) is 4.90 Å². The van der Waals surface area contributed by atoms with Crippen LogP contribution in [-0.4, -0.2) is 32.5 Å². The van der Waals surface area contributed by atoms with Crippen molar-refractivity contribution < 1.29 is 22.7 Å². The molecule has 1 atom stereocenters. The molecule has 3 aromatic rings. The lowest BCUT2D eigenvalue weighted by Gasteiger charge is -2.29. The summed E-state index contributed by atoms with van der Waals surface area (Å²) in [5.74, 6) is -0.212. The summed E-state index contributed by atoms with van der Waals surface area (Å²) in [7, 11) is -4.18. The second-order valence-electron chi connectivity index (χ2n) is 7.92. The van der Waals surface area contributed by atoms with Crippen LogP contribution in [0.2, 0.25) is 0 Å². The van der Waals surface area contributed by atoms with E-state index in [1.165, 1.54) is 6.07 Å². The van der Waals surface area contributed by atoms with Crippen LogP contribution in [0.1, 0.15) is 36.6 Å². The number of rotatable bonds is 6. The topological polar surface area (TPSA) is 94.6 Å². The molecule has 1 aliphatic rings. The second kappa shape index (κ2) is 8.52. The Bertz CT molecular complexity index is 1280. The van der Waals surface area contributed by atoms with Crippen LogP contribution in [0.15, 0.2) is 53.4 Å². The van der Waals surface area contributed by atoms with Gasteiger partial charge in [0.15, 0.2) is 5.60 Å². The zero-order valence-electron chi connectivity index (χ0n) is 18.3. The Morgan fingerprint density at radius 2 is 2.00 bits per heavy atom. The average Bonchev–Trinajstić information content (AvgIpc) is 3.25. The Morgan fingerprint density at radius 3 is 2.72 bits per heavy atom. The molecule has 1 N–H and O–H groups in total. The first-order valence-electron chi connectivity index (χ1n) is 10.6. The molecule has 1 amide bonds. The van der Waals surface area contributed by atoms with Crippen LogP contribution in [0.4, 0.5) is 0 Å². The predicted octanol–water partition coefficient (Wildman–Crippen LogP) is 3.76. The third kappa shape index (κ3) is 3.96. The lowest BCUT2D eigenvalue weighted by atomic mass is 9.88. The SMILES string of the molecule is CCOc1ccc(C)cc1C1(C(=O)NS(=O)(=O)c2cccc3nc(C)ccc23)CCCO1. The molecule has 1 saturated heterocycles. The van der Waals surface area contributed by atoms with E-state index in [4.69, 9.17) is 9.47 Å². The molecule has 0 radical (unpaired) electrons. The Balaban J connectivity index is 1.76. The normalized spacial score (nSPS) is 18.6. The molecule has 1 aliphatic heterocycles. The van der Waals surface area contributed by atoms with E-state index in [1.807, 2.05) is 32.9 Å². The summed E-state index contributed by atoms with van der Waals surface area (Å²) in [6.07, 6.45) is 0.985. The molecule has 0 aliphatic carbocycles. The number of aryl methyl sites for hydroxylation is 2. The maximum absolute atomic E-state index is 13.5. The molecule has 4 rings (SSSR count). The quantitative estimate of drug-likeness (QED) is 0.609. The van der Waals surface area contributed by atoms with Gasteiger partial charge in [0.2, 0.25) is 0 Å². The van der Waals surface area contributed by atoms with Crippen LogP contribution in [0.5, 0.6) is 5.75 Å². The highest BCUT2D eigenvalue weighted by Crippen LogP contribution is 2.42. The number of nitrogens with one attached hydrogen (secondary N) is 1. The number of nitrogens with zero attached hydrogens (tertiary/aromatic N) is 1. The fourth-order valence-electron chi connectivity index (χ4n) is 4.12. The van der Waals surface area contributed by atoms with E-state index in [1.54, 1.807) is 30.3 Å². The third-order valence-corrected chi connectivity index (χ3v) is 7.00. The highest BCUT2D eigenvalue weighted by atomic mass is 32.2. The van der Waals surface area contributed by atoms with Gasteiger partial charge in [-0.1, -0.05) is 17.7 Å². The van der Waals surface area contributed by atoms with Gasteiger partial charge < -0.3 is 9.47 Å². The maximum Gasteiger partial charge on any atom is 0.270 e. The molecular formula is C24H26N2O5S. The van der Waals surface area contributed by atoms with Crippen molar-refractivity contribution >= 4 is 26.8 Å². The number of carbonyl (C=O) groups excluding carboxylic acids is 1. The summed E-state index contributed by atoms with van der Waals surface area (Å²) >= 11 is 0. The van der Waals surface area contributed by atoms with Gasteiger partial charge in [-0.3, -0.25) is 9.78 Å². The van der Waals surface area contributed by atoms with Crippen molar-refractivity contribution in [3.05, 3.63) is 65.4 Å². The molecule has 7 nitrogen and oxygen atoms in total. The monoisotopic (exact) mass is 454 g/mol. The molecule has 32 heavy (non-hydrogen) atoms. The first-order valence-corrected chi connectivity index (χ1v) is 12.1. The fraction of sp³-hybridized carbons (Fsp3) is 0.333. The smallest absolute Gasteiger partial charge is 0.270 e. The number of ether oxygens (including phenoxy) is 2. The van der Waals surface area contributed by atoms with Gasteiger partial charge in [-0.2, -0.15) is 0 Å². The van der Waals surface area contributed by atoms with Gasteiger partial charge in [0.25, 0.3) is 15.9 Å². The van der Waals surface area contributed by atoms with Gasteiger partial charge in [0.1, 0.15) is 5.75 Å². The summed E-state index contributed by atoms with van der Waals surface area (Å²) in [5.41, 5.74) is 1.34. The third-order valence-electron chi connectivity index (χ3n) is 5.61. The maximum atomic E-state index is 13.5. The van der Waals surface area contributed by atoms with E-state index in [0.717, 1.165) is 11.3 Å². The largest absolute Gasteiger partial charge is 0.493 e. The van der Waals surface area contributed by atoms with Gasteiger partial charge >= 0.3 is 0 Å². The van der Waals surface area contributed by atoms with Crippen molar-refractivity contribution in [2.45, 2.75) is 44.1 Å². The minimum absolute atomic E-state index is 0.00160. The number of fused-ring (bicyclic) bond motifs is 1. The lowest BCUT2D eigenvalue weighted by Crippen LogP contribution is -2.46. The summed E-state index contributed by atoms with van der Waals surface area (Å²) in [5, 5.41) is 0.449. The van der Waals surface area contributed by atoms with Crippen molar-refractivity contribution in [2.24, 2.45) is 0 Å². The fourth-order valence-corrected chi connectivity index (χ4v) is 5.36. The highest BCUT2D eigenvalue weighted by molar-refractivity contribution is 7.90. The van der Waals surface area contributed by atoms with Crippen LogP contribution in [0.3, 0.4) is 0 Å². The van der Waals surface area contributed by atoms with Crippen molar-refractivity contribution in [1.82, 2.24) is 9.71 Å². The summed E-state index contributed by atoms with van der Waals surface area (Å²) in [6.45, 7) is 6.36. The van der Waals surface area contributed by atoms with E-state index < -0.39 is 21.5 Å². The minimum atomic E-state index is -4.18. The number of carbonyl (C=O) groups is 1. The van der Waals surface area contributed by atoms with Crippen molar-refractivity contribution in [3.63, 3.8) is 0 Å². The predicted molar refractivity (Wildman–Crippen MR) is 121 cm³/mol. The van der Waals surface area contributed by atoms with Gasteiger partial charge in [-0.05, 0) is 70.0 Å². The number of aromatic nitrogens is 1. The summed E-state index contributed by atoms with van der Waals surface area (Å²) in [6, 6.07) is 13.8. The molecule has 1 fully saturated rings. The Kier molecular flexibility index (Phi) is 5.92. The molecule has 1 unspecified atom stereocenters.